The first-order chi connectivity index (χ1) is 10.3. The lowest BCUT2D eigenvalue weighted by Crippen LogP contribution is -2.09. The Morgan fingerprint density at radius 2 is 1.95 bits per heavy atom. The molecule has 0 fully saturated rings. The molecule has 4 nitrogen and oxygen atoms in total. The van der Waals surface area contributed by atoms with Gasteiger partial charge < -0.3 is 0 Å². The summed E-state index contributed by atoms with van der Waals surface area (Å²) < 4.78 is 0. The molecule has 0 N–H and O–H groups in total. The van der Waals surface area contributed by atoms with Gasteiger partial charge in [0.25, 0.3) is 0 Å². The van der Waals surface area contributed by atoms with E-state index < -0.39 is 0 Å². The van der Waals surface area contributed by atoms with Gasteiger partial charge in [-0.2, -0.15) is 5.10 Å². The normalized spacial score (nSPS) is 10.9. The fraction of sp³-hybridized carbons (Fsp3) is 0. The van der Waals surface area contributed by atoms with Crippen molar-refractivity contribution in [2.75, 3.05) is 5.01 Å². The molecule has 0 radical (unpaired) electrons. The van der Waals surface area contributed by atoms with Crippen molar-refractivity contribution < 1.29 is 0 Å². The van der Waals surface area contributed by atoms with E-state index in [1.165, 1.54) is 11.3 Å². The molecule has 0 bridgehead atoms. The number of rotatable bonds is 4. The van der Waals surface area contributed by atoms with Gasteiger partial charge in [-0.3, -0.25) is 4.98 Å². The van der Waals surface area contributed by atoms with Crippen molar-refractivity contribution in [1.29, 1.82) is 0 Å². The van der Waals surface area contributed by atoms with E-state index in [2.05, 4.69) is 15.1 Å². The summed E-state index contributed by atoms with van der Waals surface area (Å²) in [5.74, 6) is 0.759. The van der Waals surface area contributed by atoms with Crippen molar-refractivity contribution in [3.05, 3.63) is 70.3 Å². The highest BCUT2D eigenvalue weighted by molar-refractivity contribution is 7.07. The van der Waals surface area contributed by atoms with Crippen molar-refractivity contribution in [2.24, 2.45) is 5.10 Å². The molecule has 0 unspecified atom stereocenters. The van der Waals surface area contributed by atoms with Gasteiger partial charge in [0.2, 0.25) is 0 Å². The molecule has 0 saturated heterocycles. The molecule has 2 heterocycles. The maximum atomic E-state index is 5.93. The van der Waals surface area contributed by atoms with Crippen LogP contribution in [0.15, 0.2) is 64.7 Å². The molecule has 0 aliphatic carbocycles. The van der Waals surface area contributed by atoms with Gasteiger partial charge >= 0.3 is 0 Å². The van der Waals surface area contributed by atoms with Crippen molar-refractivity contribution in [3.63, 3.8) is 0 Å². The van der Waals surface area contributed by atoms with E-state index in [1.54, 1.807) is 22.9 Å². The quantitative estimate of drug-likeness (QED) is 0.530. The summed E-state index contributed by atoms with van der Waals surface area (Å²) in [6.07, 6.45) is 3.44. The van der Waals surface area contributed by atoms with Crippen LogP contribution in [-0.2, 0) is 0 Å². The summed E-state index contributed by atoms with van der Waals surface area (Å²) in [7, 11) is 0. The summed E-state index contributed by atoms with van der Waals surface area (Å²) in [6.45, 7) is 0. The molecule has 104 valence electrons. The molecule has 2 aromatic heterocycles. The second-order valence-corrected chi connectivity index (χ2v) is 5.29. The van der Waals surface area contributed by atoms with Crippen LogP contribution in [0.25, 0.3) is 0 Å². The lowest BCUT2D eigenvalue weighted by atomic mass is 10.3. The summed E-state index contributed by atoms with van der Waals surface area (Å²) in [4.78, 5) is 8.53. The molecular formula is C15H11ClN4S. The van der Waals surface area contributed by atoms with Crippen LogP contribution >= 0.6 is 22.9 Å². The maximum Gasteiger partial charge on any atom is 0.164 e. The van der Waals surface area contributed by atoms with E-state index in [0.29, 0.717) is 5.02 Å². The fourth-order valence-corrected chi connectivity index (χ4v) is 2.36. The van der Waals surface area contributed by atoms with Crippen molar-refractivity contribution >= 4 is 40.7 Å². The zero-order valence-electron chi connectivity index (χ0n) is 10.9. The minimum absolute atomic E-state index is 0.686. The van der Waals surface area contributed by atoms with Crippen LogP contribution < -0.4 is 5.01 Å². The molecule has 3 rings (SSSR count). The van der Waals surface area contributed by atoms with Gasteiger partial charge in [0, 0.05) is 16.6 Å². The number of thiazole rings is 1. The average Bonchev–Trinajstić information content (AvgIpc) is 3.04. The first-order valence-electron chi connectivity index (χ1n) is 6.22. The molecule has 0 atom stereocenters. The van der Waals surface area contributed by atoms with Crippen LogP contribution in [0, 0.1) is 0 Å². The smallest absolute Gasteiger partial charge is 0.164 e. The highest BCUT2D eigenvalue weighted by Crippen LogP contribution is 2.26. The molecule has 0 aliphatic rings. The third kappa shape index (κ3) is 3.45. The van der Waals surface area contributed by atoms with E-state index in [4.69, 9.17) is 11.6 Å². The summed E-state index contributed by atoms with van der Waals surface area (Å²) in [5, 5.41) is 8.86. The molecule has 0 amide bonds. The van der Waals surface area contributed by atoms with Crippen molar-refractivity contribution in [2.45, 2.75) is 0 Å². The van der Waals surface area contributed by atoms with Crippen LogP contribution in [0.3, 0.4) is 0 Å². The number of benzene rings is 1. The summed E-state index contributed by atoms with van der Waals surface area (Å²) in [5.41, 5.74) is 3.44. The van der Waals surface area contributed by atoms with Crippen molar-refractivity contribution in [1.82, 2.24) is 9.97 Å². The first-order valence-corrected chi connectivity index (χ1v) is 7.54. The van der Waals surface area contributed by atoms with Gasteiger partial charge in [0.05, 0.1) is 23.1 Å². The third-order valence-electron chi connectivity index (χ3n) is 2.70. The number of halogens is 1. The van der Waals surface area contributed by atoms with E-state index in [9.17, 15) is 0 Å². The Bertz CT molecular complexity index is 711. The van der Waals surface area contributed by atoms with Crippen molar-refractivity contribution in [3.8, 4) is 0 Å². The lowest BCUT2D eigenvalue weighted by Gasteiger charge is -2.16. The number of aromatic nitrogens is 2. The van der Waals surface area contributed by atoms with Crippen LogP contribution in [0.1, 0.15) is 5.69 Å². The van der Waals surface area contributed by atoms with Crippen LogP contribution in [-0.4, -0.2) is 16.2 Å². The standard InChI is InChI=1S/C15H11ClN4S/c16-12-4-6-14(7-5-12)20(15-10-21-11-18-15)19-9-13-3-1-2-8-17-13/h1-11H. The predicted octanol–water partition coefficient (Wildman–Crippen LogP) is 4.36. The SMILES string of the molecule is Clc1ccc(N(N=Cc2ccccn2)c2cscn2)cc1. The van der Waals surface area contributed by atoms with Crippen LogP contribution in [0.4, 0.5) is 11.5 Å². The predicted molar refractivity (Wildman–Crippen MR) is 87.5 cm³/mol. The highest BCUT2D eigenvalue weighted by Gasteiger charge is 2.09. The Hall–Kier alpha value is -2.24. The molecule has 3 aromatic rings. The maximum absolute atomic E-state index is 5.93. The minimum atomic E-state index is 0.686. The largest absolute Gasteiger partial charge is 0.255 e. The number of hydrogen-bond donors (Lipinski definition) is 0. The Kier molecular flexibility index (Phi) is 4.23. The second-order valence-electron chi connectivity index (χ2n) is 4.13. The summed E-state index contributed by atoms with van der Waals surface area (Å²) >= 11 is 7.45. The topological polar surface area (TPSA) is 41.4 Å². The molecule has 0 aliphatic heterocycles. The van der Waals surface area contributed by atoms with Gasteiger partial charge in [0.15, 0.2) is 5.82 Å². The van der Waals surface area contributed by atoms with Gasteiger partial charge in [0.1, 0.15) is 0 Å². The summed E-state index contributed by atoms with van der Waals surface area (Å²) in [6, 6.07) is 13.1. The molecule has 1 aromatic carbocycles. The van der Waals surface area contributed by atoms with Gasteiger partial charge in [-0.05, 0) is 36.4 Å². The fourth-order valence-electron chi connectivity index (χ4n) is 1.72. The van der Waals surface area contributed by atoms with E-state index in [-0.39, 0.29) is 0 Å². The van der Waals surface area contributed by atoms with E-state index >= 15 is 0 Å². The number of nitrogens with zero attached hydrogens (tertiary/aromatic N) is 4. The monoisotopic (exact) mass is 314 g/mol. The van der Waals surface area contributed by atoms with E-state index in [0.717, 1.165) is 17.2 Å². The second kappa shape index (κ2) is 6.47. The highest BCUT2D eigenvalue weighted by atomic mass is 35.5. The van der Waals surface area contributed by atoms with Gasteiger partial charge in [-0.1, -0.05) is 17.7 Å². The molecule has 0 saturated carbocycles. The lowest BCUT2D eigenvalue weighted by molar-refractivity contribution is 1.05. The Morgan fingerprint density at radius 1 is 1.10 bits per heavy atom. The zero-order chi connectivity index (χ0) is 14.5. The molecule has 0 spiro atoms. The van der Waals surface area contributed by atoms with E-state index in [1.807, 2.05) is 47.8 Å². The van der Waals surface area contributed by atoms with Gasteiger partial charge in [-0.15, -0.1) is 11.3 Å². The molecule has 21 heavy (non-hydrogen) atoms. The third-order valence-corrected chi connectivity index (χ3v) is 3.53. The zero-order valence-corrected chi connectivity index (χ0v) is 12.5. The Labute approximate surface area is 131 Å². The van der Waals surface area contributed by atoms with Crippen LogP contribution in [0.5, 0.6) is 0 Å². The van der Waals surface area contributed by atoms with Gasteiger partial charge in [-0.25, -0.2) is 9.99 Å². The Balaban J connectivity index is 1.94. The number of anilines is 2. The average molecular weight is 315 g/mol. The number of hydrazone groups is 1. The minimum Gasteiger partial charge on any atom is -0.255 e. The Morgan fingerprint density at radius 3 is 2.62 bits per heavy atom. The molecular weight excluding hydrogens is 304 g/mol. The number of pyridine rings is 1. The molecule has 6 heteroatoms. The first kappa shape index (κ1) is 13.7. The number of hydrogen-bond acceptors (Lipinski definition) is 5. The van der Waals surface area contributed by atoms with Crippen LogP contribution in [0.2, 0.25) is 5.02 Å².